The molecule has 2 atom stereocenters. The van der Waals surface area contributed by atoms with Crippen LogP contribution in [0.1, 0.15) is 31.2 Å². The van der Waals surface area contributed by atoms with Crippen LogP contribution < -0.4 is 5.32 Å². The molecule has 2 unspecified atom stereocenters. The molecule has 0 aromatic heterocycles. The van der Waals surface area contributed by atoms with Gasteiger partial charge in [0.1, 0.15) is 0 Å². The van der Waals surface area contributed by atoms with E-state index in [9.17, 15) is 0 Å². The second-order valence-electron chi connectivity index (χ2n) is 6.61. The second-order valence-corrected chi connectivity index (χ2v) is 6.61. The Hall–Kier alpha value is -0.900. The molecule has 2 fully saturated rings. The van der Waals surface area contributed by atoms with Gasteiger partial charge in [0.05, 0.1) is 0 Å². The van der Waals surface area contributed by atoms with Gasteiger partial charge in [0.2, 0.25) is 0 Å². The van der Waals surface area contributed by atoms with Crippen LogP contribution in [-0.4, -0.2) is 55.1 Å². The van der Waals surface area contributed by atoms with Crippen molar-refractivity contribution in [2.45, 2.75) is 44.3 Å². The summed E-state index contributed by atoms with van der Waals surface area (Å²) >= 11 is 0. The minimum Gasteiger partial charge on any atom is -0.318 e. The van der Waals surface area contributed by atoms with Gasteiger partial charge in [-0.15, -0.1) is 0 Å². The maximum Gasteiger partial charge on any atom is 0.0238 e. The van der Waals surface area contributed by atoms with Gasteiger partial charge in [-0.1, -0.05) is 36.8 Å². The molecule has 116 valence electrons. The molecule has 0 radical (unpaired) electrons. The number of rotatable bonds is 5. The number of nitrogens with one attached hydrogen (secondary N) is 1. The van der Waals surface area contributed by atoms with Gasteiger partial charge in [0.15, 0.2) is 0 Å². The number of hydrogen-bond donors (Lipinski definition) is 1. The van der Waals surface area contributed by atoms with Gasteiger partial charge < -0.3 is 5.32 Å². The van der Waals surface area contributed by atoms with Gasteiger partial charge in [-0.05, 0) is 38.4 Å². The Morgan fingerprint density at radius 2 is 1.95 bits per heavy atom. The van der Waals surface area contributed by atoms with E-state index in [0.717, 1.165) is 25.2 Å². The van der Waals surface area contributed by atoms with Gasteiger partial charge in [-0.3, -0.25) is 9.80 Å². The number of nitrogens with zero attached hydrogens (tertiary/aromatic N) is 2. The second kappa shape index (κ2) is 7.39. The monoisotopic (exact) mass is 287 g/mol. The average molecular weight is 287 g/mol. The third kappa shape index (κ3) is 3.85. The van der Waals surface area contributed by atoms with Crippen molar-refractivity contribution in [3.8, 4) is 0 Å². The molecule has 0 spiro atoms. The first-order valence-corrected chi connectivity index (χ1v) is 8.53. The number of likely N-dealkylation sites (N-methyl/N-ethyl adjacent to an activating group) is 1. The molecule has 0 saturated carbocycles. The molecular formula is C18H29N3. The fourth-order valence-corrected chi connectivity index (χ4v) is 4.03. The molecular weight excluding hydrogens is 258 g/mol. The van der Waals surface area contributed by atoms with Crippen LogP contribution in [0, 0.1) is 0 Å². The molecule has 0 aliphatic carbocycles. The van der Waals surface area contributed by atoms with Crippen LogP contribution in [0.3, 0.4) is 0 Å². The molecule has 2 aliphatic heterocycles. The lowest BCUT2D eigenvalue weighted by atomic mass is 9.99. The lowest BCUT2D eigenvalue weighted by Crippen LogP contribution is -2.50. The Balaban J connectivity index is 1.55. The van der Waals surface area contributed by atoms with Crippen molar-refractivity contribution in [2.75, 3.05) is 33.2 Å². The Labute approximate surface area is 129 Å². The highest BCUT2D eigenvalue weighted by Crippen LogP contribution is 2.25. The van der Waals surface area contributed by atoms with E-state index in [1.807, 2.05) is 0 Å². The molecule has 2 saturated heterocycles. The summed E-state index contributed by atoms with van der Waals surface area (Å²) in [4.78, 5) is 5.43. The lowest BCUT2D eigenvalue weighted by molar-refractivity contribution is 0.0964. The highest BCUT2D eigenvalue weighted by Gasteiger charge is 2.32. The first-order chi connectivity index (χ1) is 10.4. The van der Waals surface area contributed by atoms with E-state index >= 15 is 0 Å². The molecule has 3 heteroatoms. The maximum absolute atomic E-state index is 3.39. The van der Waals surface area contributed by atoms with E-state index in [-0.39, 0.29) is 0 Å². The Morgan fingerprint density at radius 1 is 1.10 bits per heavy atom. The van der Waals surface area contributed by atoms with Crippen molar-refractivity contribution in [1.82, 2.24) is 15.1 Å². The summed E-state index contributed by atoms with van der Waals surface area (Å²) in [7, 11) is 2.09. The van der Waals surface area contributed by atoms with Gasteiger partial charge in [-0.2, -0.15) is 0 Å². The summed E-state index contributed by atoms with van der Waals surface area (Å²) < 4.78 is 0. The Kier molecular flexibility index (Phi) is 5.28. The summed E-state index contributed by atoms with van der Waals surface area (Å²) in [6.45, 7) is 6.06. The van der Waals surface area contributed by atoms with Crippen LogP contribution in [0.25, 0.3) is 0 Å². The average Bonchev–Trinajstić information content (AvgIpc) is 2.97. The highest BCUT2D eigenvalue weighted by molar-refractivity contribution is 5.14. The Morgan fingerprint density at radius 3 is 2.76 bits per heavy atom. The van der Waals surface area contributed by atoms with Crippen molar-refractivity contribution in [3.05, 3.63) is 35.9 Å². The molecule has 2 aliphatic rings. The van der Waals surface area contributed by atoms with E-state index in [1.54, 1.807) is 0 Å². The Bertz CT molecular complexity index is 418. The van der Waals surface area contributed by atoms with Crippen LogP contribution in [0.4, 0.5) is 0 Å². The molecule has 2 heterocycles. The molecule has 21 heavy (non-hydrogen) atoms. The summed E-state index contributed by atoms with van der Waals surface area (Å²) in [5.41, 5.74) is 1.45. The number of benzene rings is 1. The first kappa shape index (κ1) is 15.0. The minimum atomic E-state index is 0.755. The SMILES string of the molecule is CNCC1CCCCN1C1CCN(Cc2ccccc2)C1. The molecule has 3 nitrogen and oxygen atoms in total. The molecule has 1 aromatic carbocycles. The van der Waals surface area contributed by atoms with E-state index in [0.29, 0.717) is 0 Å². The summed E-state index contributed by atoms with van der Waals surface area (Å²) in [5, 5.41) is 3.39. The van der Waals surface area contributed by atoms with Crippen molar-refractivity contribution in [1.29, 1.82) is 0 Å². The topological polar surface area (TPSA) is 18.5 Å². The summed E-state index contributed by atoms with van der Waals surface area (Å²) in [6.07, 6.45) is 5.50. The van der Waals surface area contributed by atoms with Gasteiger partial charge >= 0.3 is 0 Å². The molecule has 3 rings (SSSR count). The normalized spacial score (nSPS) is 28.0. The lowest BCUT2D eigenvalue weighted by Gasteiger charge is -2.40. The zero-order chi connectivity index (χ0) is 14.5. The fraction of sp³-hybridized carbons (Fsp3) is 0.667. The van der Waals surface area contributed by atoms with Crippen LogP contribution >= 0.6 is 0 Å². The minimum absolute atomic E-state index is 0.755. The molecule has 0 bridgehead atoms. The van der Waals surface area contributed by atoms with Crippen molar-refractivity contribution < 1.29 is 0 Å². The summed E-state index contributed by atoms with van der Waals surface area (Å²) in [5.74, 6) is 0. The smallest absolute Gasteiger partial charge is 0.0238 e. The zero-order valence-electron chi connectivity index (χ0n) is 13.3. The predicted molar refractivity (Wildman–Crippen MR) is 88.4 cm³/mol. The third-order valence-corrected chi connectivity index (χ3v) is 5.08. The van der Waals surface area contributed by atoms with E-state index in [1.165, 1.54) is 50.9 Å². The third-order valence-electron chi connectivity index (χ3n) is 5.08. The van der Waals surface area contributed by atoms with Crippen LogP contribution in [-0.2, 0) is 6.54 Å². The quantitative estimate of drug-likeness (QED) is 0.897. The van der Waals surface area contributed by atoms with Gasteiger partial charge in [0.25, 0.3) is 0 Å². The van der Waals surface area contributed by atoms with E-state index < -0.39 is 0 Å². The van der Waals surface area contributed by atoms with Crippen molar-refractivity contribution in [2.24, 2.45) is 0 Å². The van der Waals surface area contributed by atoms with Crippen molar-refractivity contribution >= 4 is 0 Å². The number of piperidine rings is 1. The van der Waals surface area contributed by atoms with E-state index in [4.69, 9.17) is 0 Å². The standard InChI is InChI=1S/C18H29N3/c1-19-13-17-9-5-6-11-21(17)18-10-12-20(15-18)14-16-7-3-2-4-8-16/h2-4,7-8,17-19H,5-6,9-15H2,1H3. The molecule has 1 N–H and O–H groups in total. The first-order valence-electron chi connectivity index (χ1n) is 8.53. The zero-order valence-corrected chi connectivity index (χ0v) is 13.3. The maximum atomic E-state index is 3.39. The van der Waals surface area contributed by atoms with Crippen LogP contribution in [0.5, 0.6) is 0 Å². The van der Waals surface area contributed by atoms with Crippen molar-refractivity contribution in [3.63, 3.8) is 0 Å². The fourth-order valence-electron chi connectivity index (χ4n) is 4.03. The van der Waals surface area contributed by atoms with Gasteiger partial charge in [0, 0.05) is 38.3 Å². The molecule has 1 aromatic rings. The summed E-state index contributed by atoms with van der Waals surface area (Å²) in [6, 6.07) is 12.4. The van der Waals surface area contributed by atoms with E-state index in [2.05, 4.69) is 52.5 Å². The number of hydrogen-bond acceptors (Lipinski definition) is 3. The van der Waals surface area contributed by atoms with Crippen LogP contribution in [0.15, 0.2) is 30.3 Å². The van der Waals surface area contributed by atoms with Gasteiger partial charge in [-0.25, -0.2) is 0 Å². The largest absolute Gasteiger partial charge is 0.318 e. The molecule has 0 amide bonds. The highest BCUT2D eigenvalue weighted by atomic mass is 15.3. The van der Waals surface area contributed by atoms with Crippen LogP contribution in [0.2, 0.25) is 0 Å². The number of likely N-dealkylation sites (tertiary alicyclic amines) is 2. The predicted octanol–water partition coefficient (Wildman–Crippen LogP) is 2.33.